The van der Waals surface area contributed by atoms with Gasteiger partial charge in [0.15, 0.2) is 0 Å². The first-order valence-electron chi connectivity index (χ1n) is 7.15. The van der Waals surface area contributed by atoms with Gasteiger partial charge in [-0.05, 0) is 30.7 Å². The molecule has 2 aromatic carbocycles. The maximum absolute atomic E-state index is 14.0. The largest absolute Gasteiger partial charge is 0.324 e. The fourth-order valence-electron chi connectivity index (χ4n) is 2.53. The van der Waals surface area contributed by atoms with E-state index in [9.17, 15) is 4.39 Å². The molecule has 0 unspecified atom stereocenters. The lowest BCUT2D eigenvalue weighted by Crippen LogP contribution is -2.45. The van der Waals surface area contributed by atoms with Crippen molar-refractivity contribution in [2.75, 3.05) is 4.90 Å². The van der Waals surface area contributed by atoms with E-state index >= 15 is 0 Å². The van der Waals surface area contributed by atoms with E-state index in [-0.39, 0.29) is 11.9 Å². The maximum atomic E-state index is 14.0. The van der Waals surface area contributed by atoms with E-state index in [4.69, 9.17) is 5.73 Å². The van der Waals surface area contributed by atoms with Gasteiger partial charge in [0, 0.05) is 11.3 Å². The third-order valence-corrected chi connectivity index (χ3v) is 3.76. The Bertz CT molecular complexity index is 667. The highest BCUT2D eigenvalue weighted by molar-refractivity contribution is 6.04. The lowest BCUT2D eigenvalue weighted by molar-refractivity contribution is 0.608. The van der Waals surface area contributed by atoms with Crippen molar-refractivity contribution in [3.05, 3.63) is 59.9 Å². The van der Waals surface area contributed by atoms with E-state index in [1.54, 1.807) is 6.07 Å². The lowest BCUT2D eigenvalue weighted by Gasteiger charge is -2.33. The highest BCUT2D eigenvalue weighted by atomic mass is 19.1. The number of aliphatic imine (C=N–C) groups is 1. The average molecular weight is 283 g/mol. The fourth-order valence-corrected chi connectivity index (χ4v) is 2.53. The summed E-state index contributed by atoms with van der Waals surface area (Å²) in [5.41, 5.74) is 8.49. The van der Waals surface area contributed by atoms with E-state index in [1.165, 1.54) is 6.07 Å². The molecule has 4 heteroatoms. The van der Waals surface area contributed by atoms with Crippen molar-refractivity contribution in [3.8, 4) is 0 Å². The second-order valence-electron chi connectivity index (χ2n) is 5.14. The second kappa shape index (κ2) is 5.66. The number of benzene rings is 2. The van der Waals surface area contributed by atoms with E-state index in [2.05, 4.69) is 4.99 Å². The van der Waals surface area contributed by atoms with Crippen molar-refractivity contribution < 1.29 is 4.39 Å². The Kier molecular flexibility index (Phi) is 3.71. The number of nitrogens with zero attached hydrogens (tertiary/aromatic N) is 2. The van der Waals surface area contributed by atoms with Gasteiger partial charge in [-0.1, -0.05) is 31.2 Å². The van der Waals surface area contributed by atoms with Crippen LogP contribution in [0.2, 0.25) is 0 Å². The van der Waals surface area contributed by atoms with Crippen LogP contribution in [0.15, 0.2) is 53.5 Å². The number of rotatable bonds is 3. The Hall–Kier alpha value is -2.20. The predicted molar refractivity (Wildman–Crippen MR) is 84.4 cm³/mol. The van der Waals surface area contributed by atoms with Gasteiger partial charge in [0.2, 0.25) is 0 Å². The van der Waals surface area contributed by atoms with Crippen LogP contribution in [-0.2, 0) is 6.54 Å². The van der Waals surface area contributed by atoms with Crippen molar-refractivity contribution in [3.63, 3.8) is 0 Å². The summed E-state index contributed by atoms with van der Waals surface area (Å²) in [5.74, 6) is 0.572. The number of fused-ring (bicyclic) bond motifs is 1. The van der Waals surface area contributed by atoms with E-state index in [0.717, 1.165) is 17.9 Å². The monoisotopic (exact) mass is 283 g/mol. The minimum atomic E-state index is -0.221. The molecule has 0 amide bonds. The third-order valence-electron chi connectivity index (χ3n) is 3.76. The Morgan fingerprint density at radius 3 is 2.67 bits per heavy atom. The Morgan fingerprint density at radius 1 is 1.19 bits per heavy atom. The first-order chi connectivity index (χ1) is 10.2. The van der Waals surface area contributed by atoms with Crippen LogP contribution < -0.4 is 10.6 Å². The van der Waals surface area contributed by atoms with Gasteiger partial charge in [-0.15, -0.1) is 0 Å². The molecule has 0 radical (unpaired) electrons. The molecule has 3 nitrogen and oxygen atoms in total. The Morgan fingerprint density at radius 2 is 1.95 bits per heavy atom. The zero-order valence-corrected chi connectivity index (χ0v) is 12.0. The molecule has 0 aromatic heterocycles. The molecule has 0 saturated carbocycles. The van der Waals surface area contributed by atoms with E-state index in [1.807, 2.05) is 48.2 Å². The number of hydrogen-bond donors (Lipinski definition) is 1. The van der Waals surface area contributed by atoms with Gasteiger partial charge in [0.25, 0.3) is 0 Å². The molecule has 1 atom stereocenters. The molecule has 108 valence electrons. The van der Waals surface area contributed by atoms with Crippen LogP contribution in [0.5, 0.6) is 0 Å². The summed E-state index contributed by atoms with van der Waals surface area (Å²) in [5, 5.41) is 0. The zero-order valence-electron chi connectivity index (χ0n) is 12.0. The first kappa shape index (κ1) is 13.8. The van der Waals surface area contributed by atoms with E-state index < -0.39 is 0 Å². The minimum absolute atomic E-state index is 0.165. The smallest absolute Gasteiger partial charge is 0.130 e. The molecule has 0 spiro atoms. The quantitative estimate of drug-likeness (QED) is 0.935. The number of hydrogen-bond acceptors (Lipinski definition) is 3. The minimum Gasteiger partial charge on any atom is -0.324 e. The van der Waals surface area contributed by atoms with Gasteiger partial charge in [-0.2, -0.15) is 0 Å². The molecular weight excluding hydrogens is 265 g/mol. The average Bonchev–Trinajstić information content (AvgIpc) is 2.54. The van der Waals surface area contributed by atoms with Crippen LogP contribution >= 0.6 is 0 Å². The summed E-state index contributed by atoms with van der Waals surface area (Å²) in [6.45, 7) is 2.48. The Balaban J connectivity index is 2.10. The molecule has 3 rings (SSSR count). The molecule has 2 aromatic rings. The molecular formula is C17H18FN3. The van der Waals surface area contributed by atoms with Crippen molar-refractivity contribution in [1.29, 1.82) is 0 Å². The summed E-state index contributed by atoms with van der Waals surface area (Å²) >= 11 is 0. The van der Waals surface area contributed by atoms with Gasteiger partial charge < -0.3 is 10.6 Å². The standard InChI is InChI=1S/C17H18FN3/c1-2-15(19)17-20-16-10-6-9-14(18)13(16)11-21(17)12-7-4-3-5-8-12/h3-10,15H,2,11,19H2,1H3/t15-/m0/s1. The molecule has 0 bridgehead atoms. The van der Waals surface area contributed by atoms with Crippen LogP contribution in [0.1, 0.15) is 18.9 Å². The van der Waals surface area contributed by atoms with Crippen LogP contribution in [0.4, 0.5) is 15.8 Å². The van der Waals surface area contributed by atoms with Gasteiger partial charge in [0.1, 0.15) is 11.7 Å². The van der Waals surface area contributed by atoms with E-state index in [0.29, 0.717) is 17.8 Å². The molecule has 1 heterocycles. The number of anilines is 1. The third kappa shape index (κ3) is 2.54. The molecule has 0 aliphatic carbocycles. The van der Waals surface area contributed by atoms with Crippen LogP contribution in [0.25, 0.3) is 0 Å². The molecule has 2 N–H and O–H groups in total. The summed E-state index contributed by atoms with van der Waals surface area (Å²) in [6.07, 6.45) is 0.785. The number of nitrogens with two attached hydrogens (primary N) is 1. The highest BCUT2D eigenvalue weighted by Gasteiger charge is 2.26. The van der Waals surface area contributed by atoms with Gasteiger partial charge >= 0.3 is 0 Å². The first-order valence-corrected chi connectivity index (χ1v) is 7.15. The summed E-state index contributed by atoms with van der Waals surface area (Å²) in [6, 6.07) is 14.7. The number of amidine groups is 1. The van der Waals surface area contributed by atoms with Crippen molar-refractivity contribution in [1.82, 2.24) is 0 Å². The van der Waals surface area contributed by atoms with Crippen LogP contribution in [0, 0.1) is 5.82 Å². The Labute approximate surface area is 123 Å². The molecule has 21 heavy (non-hydrogen) atoms. The van der Waals surface area contributed by atoms with Crippen LogP contribution in [0.3, 0.4) is 0 Å². The summed E-state index contributed by atoms with van der Waals surface area (Å²) < 4.78 is 14.0. The number of halogens is 1. The summed E-state index contributed by atoms with van der Waals surface area (Å²) in [7, 11) is 0. The summed E-state index contributed by atoms with van der Waals surface area (Å²) in [4.78, 5) is 6.61. The maximum Gasteiger partial charge on any atom is 0.130 e. The fraction of sp³-hybridized carbons (Fsp3) is 0.235. The van der Waals surface area contributed by atoms with Crippen LogP contribution in [-0.4, -0.2) is 11.9 Å². The second-order valence-corrected chi connectivity index (χ2v) is 5.14. The molecule has 1 aliphatic heterocycles. The normalized spacial score (nSPS) is 15.4. The zero-order chi connectivity index (χ0) is 14.8. The van der Waals surface area contributed by atoms with Crippen molar-refractivity contribution >= 4 is 17.2 Å². The lowest BCUT2D eigenvalue weighted by atomic mass is 10.1. The number of para-hydroxylation sites is 1. The SMILES string of the molecule is CC[C@H](N)C1=Nc2cccc(F)c2CN1c1ccccc1. The molecule has 0 fully saturated rings. The van der Waals surface area contributed by atoms with Gasteiger partial charge in [-0.25, -0.2) is 9.38 Å². The topological polar surface area (TPSA) is 41.6 Å². The highest BCUT2D eigenvalue weighted by Crippen LogP contribution is 2.31. The molecule has 1 aliphatic rings. The van der Waals surface area contributed by atoms with Crippen molar-refractivity contribution in [2.24, 2.45) is 10.7 Å². The van der Waals surface area contributed by atoms with Gasteiger partial charge in [-0.3, -0.25) is 0 Å². The molecule has 0 saturated heterocycles. The van der Waals surface area contributed by atoms with Crippen molar-refractivity contribution in [2.45, 2.75) is 25.9 Å². The predicted octanol–water partition coefficient (Wildman–Crippen LogP) is 3.61. The van der Waals surface area contributed by atoms with Gasteiger partial charge in [0.05, 0.1) is 18.3 Å².